The molecule has 0 fully saturated rings. The molecule has 3 aromatic carbocycles. The van der Waals surface area contributed by atoms with E-state index in [0.717, 1.165) is 22.6 Å². The van der Waals surface area contributed by atoms with Crippen molar-refractivity contribution in [3.05, 3.63) is 136 Å². The standard InChI is InChI=1S/C30H23N7S2.ClH/c31-26-25-27(34-29(33-20-21-11-10-18-32-19-21)35(26)22-12-4-1-5-13-22)36(23-14-6-2-7-15-23)30(39)37(28(25)38)24-16-8-3-9-17-24;/h1-19H,20,31H2;1H. The molecule has 0 aliphatic carbocycles. The van der Waals surface area contributed by atoms with Crippen LogP contribution in [0.4, 0.5) is 5.82 Å². The summed E-state index contributed by atoms with van der Waals surface area (Å²) in [6.07, 6.45) is 3.53. The Kier molecular flexibility index (Phi) is 7.97. The zero-order chi connectivity index (χ0) is 26.8. The third kappa shape index (κ3) is 4.98. The molecule has 40 heavy (non-hydrogen) atoms. The normalized spacial score (nSPS) is 11.3. The first-order valence-electron chi connectivity index (χ1n) is 12.3. The van der Waals surface area contributed by atoms with E-state index in [1.165, 1.54) is 0 Å². The van der Waals surface area contributed by atoms with E-state index < -0.39 is 0 Å². The smallest absolute Gasteiger partial charge is 0.233 e. The van der Waals surface area contributed by atoms with E-state index in [0.29, 0.717) is 38.4 Å². The third-order valence-electron chi connectivity index (χ3n) is 6.31. The number of nitrogen functional groups attached to an aromatic ring is 1. The van der Waals surface area contributed by atoms with Crippen molar-refractivity contribution in [3.63, 3.8) is 0 Å². The number of fused-ring (bicyclic) bond motifs is 1. The van der Waals surface area contributed by atoms with Crippen molar-refractivity contribution >= 4 is 53.7 Å². The van der Waals surface area contributed by atoms with Gasteiger partial charge in [0.25, 0.3) is 0 Å². The fraction of sp³-hybridized carbons (Fsp3) is 0.0333. The minimum atomic E-state index is 0. The van der Waals surface area contributed by atoms with Crippen LogP contribution >= 0.6 is 36.8 Å². The number of nitrogens with zero attached hydrogens (tertiary/aromatic N) is 6. The minimum absolute atomic E-state index is 0. The first-order chi connectivity index (χ1) is 19.1. The average molecular weight is 582 g/mol. The fourth-order valence-corrected chi connectivity index (χ4v) is 5.33. The van der Waals surface area contributed by atoms with E-state index in [-0.39, 0.29) is 12.4 Å². The van der Waals surface area contributed by atoms with Gasteiger partial charge >= 0.3 is 0 Å². The fourth-order valence-electron chi connectivity index (χ4n) is 4.50. The van der Waals surface area contributed by atoms with Crippen LogP contribution < -0.4 is 11.4 Å². The Hall–Kier alpha value is -4.44. The molecule has 7 nitrogen and oxygen atoms in total. The molecule has 0 atom stereocenters. The Morgan fingerprint density at radius 1 is 0.700 bits per heavy atom. The third-order valence-corrected chi connectivity index (χ3v) is 7.06. The van der Waals surface area contributed by atoms with E-state index in [1.807, 2.05) is 117 Å². The number of hydrogen-bond donors (Lipinski definition) is 1. The highest BCUT2D eigenvalue weighted by Crippen LogP contribution is 2.27. The molecule has 0 unspecified atom stereocenters. The van der Waals surface area contributed by atoms with Crippen molar-refractivity contribution in [2.75, 3.05) is 5.73 Å². The molecule has 0 saturated heterocycles. The summed E-state index contributed by atoms with van der Waals surface area (Å²) in [6, 6.07) is 33.3. The van der Waals surface area contributed by atoms with Gasteiger partial charge in [-0.2, -0.15) is 4.98 Å². The van der Waals surface area contributed by atoms with Gasteiger partial charge in [-0.3, -0.25) is 18.7 Å². The number of halogens is 1. The number of anilines is 1. The lowest BCUT2D eigenvalue weighted by Gasteiger charge is -2.20. The van der Waals surface area contributed by atoms with Crippen molar-refractivity contribution in [2.45, 2.75) is 6.54 Å². The summed E-state index contributed by atoms with van der Waals surface area (Å²) in [7, 11) is 0. The van der Waals surface area contributed by atoms with E-state index >= 15 is 0 Å². The van der Waals surface area contributed by atoms with Gasteiger partial charge in [0, 0.05) is 23.8 Å². The number of nitrogens with two attached hydrogens (primary N) is 1. The number of rotatable bonds is 5. The van der Waals surface area contributed by atoms with Gasteiger partial charge in [0.2, 0.25) is 5.62 Å². The lowest BCUT2D eigenvalue weighted by Crippen LogP contribution is -2.28. The summed E-state index contributed by atoms with van der Waals surface area (Å²) in [4.78, 5) is 14.2. The lowest BCUT2D eigenvalue weighted by atomic mass is 10.2. The number of para-hydroxylation sites is 3. The molecule has 6 aromatic rings. The van der Waals surface area contributed by atoms with Crippen molar-refractivity contribution in [2.24, 2.45) is 4.99 Å². The Labute approximate surface area is 247 Å². The maximum Gasteiger partial charge on any atom is 0.233 e. The largest absolute Gasteiger partial charge is 0.384 e. The van der Waals surface area contributed by atoms with Crippen molar-refractivity contribution < 1.29 is 0 Å². The van der Waals surface area contributed by atoms with Crippen LogP contribution in [0.2, 0.25) is 0 Å². The molecule has 0 spiro atoms. The molecule has 0 amide bonds. The minimum Gasteiger partial charge on any atom is -0.384 e. The Balaban J connectivity index is 0.00000323. The summed E-state index contributed by atoms with van der Waals surface area (Å²) in [5, 5.41) is 0.607. The predicted octanol–water partition coefficient (Wildman–Crippen LogP) is 6.57. The second-order valence-corrected chi connectivity index (χ2v) is 9.53. The van der Waals surface area contributed by atoms with Crippen LogP contribution in [0.3, 0.4) is 0 Å². The Morgan fingerprint density at radius 2 is 1.25 bits per heavy atom. The highest BCUT2D eigenvalue weighted by molar-refractivity contribution is 7.72. The monoisotopic (exact) mass is 581 g/mol. The predicted molar refractivity (Wildman–Crippen MR) is 167 cm³/mol. The average Bonchev–Trinajstić information content (AvgIpc) is 2.98. The molecule has 3 heterocycles. The first kappa shape index (κ1) is 27.1. The first-order valence-corrected chi connectivity index (χ1v) is 13.1. The maximum absolute atomic E-state index is 6.99. The van der Waals surface area contributed by atoms with Gasteiger partial charge in [-0.1, -0.05) is 72.9 Å². The summed E-state index contributed by atoms with van der Waals surface area (Å²) >= 11 is 12.1. The second-order valence-electron chi connectivity index (χ2n) is 8.77. The molecule has 0 aliphatic rings. The van der Waals surface area contributed by atoms with E-state index in [9.17, 15) is 0 Å². The van der Waals surface area contributed by atoms with Crippen LogP contribution in [-0.4, -0.2) is 23.7 Å². The van der Waals surface area contributed by atoms with Crippen LogP contribution in [0, 0.1) is 9.41 Å². The zero-order valence-corrected chi connectivity index (χ0v) is 23.6. The quantitative estimate of drug-likeness (QED) is 0.233. The van der Waals surface area contributed by atoms with Crippen LogP contribution in [-0.2, 0) is 6.54 Å². The molecule has 0 radical (unpaired) electrons. The molecule has 2 N–H and O–H groups in total. The topological polar surface area (TPSA) is 78.9 Å². The van der Waals surface area contributed by atoms with Crippen LogP contribution in [0.25, 0.3) is 28.1 Å². The Morgan fingerprint density at radius 3 is 1.80 bits per heavy atom. The summed E-state index contributed by atoms with van der Waals surface area (Å²) in [6.45, 7) is 0.377. The zero-order valence-electron chi connectivity index (χ0n) is 21.2. The Bertz CT molecular complexity index is 1970. The van der Waals surface area contributed by atoms with Crippen molar-refractivity contribution in [1.82, 2.24) is 23.7 Å². The summed E-state index contributed by atoms with van der Waals surface area (Å²) in [5.41, 5.74) is 11.4. The maximum atomic E-state index is 6.99. The molecule has 0 aliphatic heterocycles. The molecule has 0 saturated carbocycles. The molecule has 3 aromatic heterocycles. The second kappa shape index (κ2) is 11.7. The molecular weight excluding hydrogens is 558 g/mol. The van der Waals surface area contributed by atoms with Crippen molar-refractivity contribution in [1.29, 1.82) is 0 Å². The van der Waals surface area contributed by atoms with E-state index in [1.54, 1.807) is 12.4 Å². The van der Waals surface area contributed by atoms with Gasteiger partial charge in [0.15, 0.2) is 10.4 Å². The summed E-state index contributed by atoms with van der Waals surface area (Å²) < 4.78 is 6.55. The van der Waals surface area contributed by atoms with Gasteiger partial charge in [-0.05, 0) is 60.2 Å². The number of pyridine rings is 1. The molecule has 198 valence electrons. The van der Waals surface area contributed by atoms with Crippen LogP contribution in [0.5, 0.6) is 0 Å². The molecule has 10 heteroatoms. The molecule has 0 bridgehead atoms. The number of aromatic nitrogens is 5. The van der Waals surface area contributed by atoms with Gasteiger partial charge < -0.3 is 5.73 Å². The van der Waals surface area contributed by atoms with Gasteiger partial charge in [0.1, 0.15) is 10.5 Å². The summed E-state index contributed by atoms with van der Waals surface area (Å²) in [5.74, 6) is 0.422. The van der Waals surface area contributed by atoms with E-state index in [2.05, 4.69) is 4.98 Å². The number of benzene rings is 3. The van der Waals surface area contributed by atoms with Crippen LogP contribution in [0.15, 0.2) is 121 Å². The van der Waals surface area contributed by atoms with E-state index in [4.69, 9.17) is 40.1 Å². The molecular formula is C30H24ClN7S2. The lowest BCUT2D eigenvalue weighted by molar-refractivity contribution is 0.814. The van der Waals surface area contributed by atoms with Crippen molar-refractivity contribution in [3.8, 4) is 17.1 Å². The van der Waals surface area contributed by atoms with Gasteiger partial charge in [-0.15, -0.1) is 12.4 Å². The SMILES string of the molecule is Cl.Nc1c2c(=S)n(-c3ccccc3)c(=S)n(-c3ccccc3)c2nc(=NCc2cccnc2)n1-c1ccccc1. The van der Waals surface area contributed by atoms with Gasteiger partial charge in [0.05, 0.1) is 17.6 Å². The van der Waals surface area contributed by atoms with Gasteiger partial charge in [-0.25, -0.2) is 4.99 Å². The van der Waals surface area contributed by atoms with Crippen LogP contribution in [0.1, 0.15) is 5.56 Å². The number of hydrogen-bond acceptors (Lipinski definition) is 6. The highest BCUT2D eigenvalue weighted by atomic mass is 35.5. The highest BCUT2D eigenvalue weighted by Gasteiger charge is 2.19. The molecule has 6 rings (SSSR count).